The number of benzene rings is 2. The van der Waals surface area contributed by atoms with E-state index < -0.39 is 17.4 Å². The maximum Gasteiger partial charge on any atom is 0.330 e. The number of ether oxygens (including phenoxy) is 3. The van der Waals surface area contributed by atoms with Crippen LogP contribution >= 0.6 is 11.6 Å². The van der Waals surface area contributed by atoms with Crippen molar-refractivity contribution < 1.29 is 34.0 Å². The second kappa shape index (κ2) is 12.3. The first-order chi connectivity index (χ1) is 19.1. The van der Waals surface area contributed by atoms with Gasteiger partial charge in [-0.05, 0) is 73.1 Å². The van der Waals surface area contributed by atoms with Gasteiger partial charge >= 0.3 is 5.97 Å². The van der Waals surface area contributed by atoms with Crippen LogP contribution in [0.3, 0.4) is 0 Å². The summed E-state index contributed by atoms with van der Waals surface area (Å²) in [6, 6.07) is 10.4. The summed E-state index contributed by atoms with van der Waals surface area (Å²) in [4.78, 5) is 22.5. The fourth-order valence-corrected chi connectivity index (χ4v) is 7.09. The summed E-state index contributed by atoms with van der Waals surface area (Å²) >= 11 is 6.98. The van der Waals surface area contributed by atoms with E-state index in [1.165, 1.54) is 26.4 Å². The summed E-state index contributed by atoms with van der Waals surface area (Å²) in [5.74, 6) is -1.94. The van der Waals surface area contributed by atoms with Crippen molar-refractivity contribution in [1.82, 2.24) is 0 Å². The molecule has 3 N–H and O–H groups in total. The number of carbonyl (C=O) groups is 2. The molecule has 6 unspecified atom stereocenters. The summed E-state index contributed by atoms with van der Waals surface area (Å²) in [6.45, 7) is 4.25. The molecule has 2 aliphatic rings. The standard InChI is InChI=1S/C31H38ClNO7/c1-19-13-22-15-20(2)30(36,24(14-19)16-22)31(37,39-4)26-11-7-23(8-12-27(35)38-3)29(28(26)32)40-17-21-5-9-25(10-6-21)33-18-34/h5-12,18-20,22,24,36-37H,13-17H2,1-4H3,(H,33,34)/b12-8+. The molecule has 0 radical (unpaired) electrons. The van der Waals surface area contributed by atoms with E-state index in [1.54, 1.807) is 36.4 Å². The third-order valence-corrected chi connectivity index (χ3v) is 8.97. The third-order valence-electron chi connectivity index (χ3n) is 8.59. The monoisotopic (exact) mass is 571 g/mol. The molecule has 2 bridgehead atoms. The highest BCUT2D eigenvalue weighted by atomic mass is 35.5. The van der Waals surface area contributed by atoms with Crippen molar-refractivity contribution in [3.8, 4) is 5.75 Å². The predicted octanol–water partition coefficient (Wildman–Crippen LogP) is 5.29. The minimum Gasteiger partial charge on any atom is -0.487 e. The Kier molecular flexibility index (Phi) is 9.25. The van der Waals surface area contributed by atoms with Gasteiger partial charge in [0.15, 0.2) is 0 Å². The van der Waals surface area contributed by atoms with Crippen LogP contribution in [0.2, 0.25) is 5.02 Å². The van der Waals surface area contributed by atoms with E-state index in [9.17, 15) is 19.8 Å². The zero-order chi connectivity index (χ0) is 29.1. The molecule has 0 spiro atoms. The van der Waals surface area contributed by atoms with E-state index in [4.69, 9.17) is 25.8 Å². The van der Waals surface area contributed by atoms with E-state index >= 15 is 0 Å². The van der Waals surface area contributed by atoms with Crippen LogP contribution in [0.1, 0.15) is 56.2 Å². The molecule has 216 valence electrons. The lowest BCUT2D eigenvalue weighted by molar-refractivity contribution is -0.344. The Morgan fingerprint density at radius 3 is 2.50 bits per heavy atom. The van der Waals surface area contributed by atoms with Gasteiger partial charge in [-0.3, -0.25) is 4.79 Å². The summed E-state index contributed by atoms with van der Waals surface area (Å²) < 4.78 is 16.7. The number of nitrogens with one attached hydrogen (secondary N) is 1. The Morgan fingerprint density at radius 1 is 1.12 bits per heavy atom. The molecule has 6 atom stereocenters. The second-order valence-corrected chi connectivity index (χ2v) is 11.5. The Labute approximate surface area is 240 Å². The molecule has 2 fully saturated rings. The minimum atomic E-state index is -2.11. The molecule has 8 nitrogen and oxygen atoms in total. The molecule has 2 aromatic carbocycles. The molecule has 1 amide bonds. The first-order valence-corrected chi connectivity index (χ1v) is 14.0. The van der Waals surface area contributed by atoms with Crippen LogP contribution in [-0.4, -0.2) is 42.4 Å². The van der Waals surface area contributed by atoms with E-state index in [2.05, 4.69) is 12.2 Å². The topological polar surface area (TPSA) is 114 Å². The smallest absolute Gasteiger partial charge is 0.330 e. The van der Waals surface area contributed by atoms with E-state index in [1.807, 2.05) is 6.92 Å². The molecule has 2 saturated carbocycles. The SMILES string of the molecule is COC(=O)/C=C/c1ccc(C(O)(OC)C2(O)C(C)CC3CC(C)CC2C3)c(Cl)c1OCc1ccc(NC=O)cc1. The van der Waals surface area contributed by atoms with Gasteiger partial charge < -0.3 is 29.7 Å². The number of fused-ring (bicyclic) bond motifs is 2. The lowest BCUT2D eigenvalue weighted by Gasteiger charge is -2.57. The van der Waals surface area contributed by atoms with Crippen molar-refractivity contribution in [3.05, 3.63) is 64.2 Å². The van der Waals surface area contributed by atoms with Gasteiger partial charge in [0.1, 0.15) is 18.0 Å². The Bertz CT molecular complexity index is 1240. The van der Waals surface area contributed by atoms with Crippen LogP contribution in [0.5, 0.6) is 5.75 Å². The van der Waals surface area contributed by atoms with Gasteiger partial charge in [0.05, 0.1) is 12.1 Å². The zero-order valence-electron chi connectivity index (χ0n) is 23.4. The van der Waals surface area contributed by atoms with E-state index in [0.29, 0.717) is 29.5 Å². The molecule has 2 aromatic rings. The Hall–Kier alpha value is -2.91. The van der Waals surface area contributed by atoms with E-state index in [0.717, 1.165) is 31.2 Å². The number of hydrogen-bond acceptors (Lipinski definition) is 7. The minimum absolute atomic E-state index is 0.0715. The molecule has 9 heteroatoms. The summed E-state index contributed by atoms with van der Waals surface area (Å²) in [7, 11) is 2.66. The Balaban J connectivity index is 1.76. The van der Waals surface area contributed by atoms with Gasteiger partial charge in [-0.15, -0.1) is 0 Å². The highest BCUT2D eigenvalue weighted by Gasteiger charge is 2.63. The molecule has 2 aliphatic carbocycles. The fourth-order valence-electron chi connectivity index (χ4n) is 6.74. The van der Waals surface area contributed by atoms with Gasteiger partial charge in [-0.25, -0.2) is 4.79 Å². The molecule has 0 saturated heterocycles. The quantitative estimate of drug-likeness (QED) is 0.154. The van der Waals surface area contributed by atoms with Crippen LogP contribution in [0.15, 0.2) is 42.5 Å². The van der Waals surface area contributed by atoms with Gasteiger partial charge in [0.2, 0.25) is 12.2 Å². The zero-order valence-corrected chi connectivity index (χ0v) is 24.1. The number of rotatable bonds is 10. The number of esters is 1. The van der Waals surface area contributed by atoms with Crippen molar-refractivity contribution in [1.29, 1.82) is 0 Å². The summed E-state index contributed by atoms with van der Waals surface area (Å²) in [5, 5.41) is 27.2. The van der Waals surface area contributed by atoms with Crippen molar-refractivity contribution in [2.75, 3.05) is 19.5 Å². The van der Waals surface area contributed by atoms with Crippen LogP contribution in [0.25, 0.3) is 6.08 Å². The normalized spacial score (nSPS) is 27.6. The first-order valence-electron chi connectivity index (χ1n) is 13.6. The number of halogens is 1. The number of aliphatic hydroxyl groups is 2. The molecule has 40 heavy (non-hydrogen) atoms. The largest absolute Gasteiger partial charge is 0.487 e. The summed E-state index contributed by atoms with van der Waals surface area (Å²) in [5.41, 5.74) is 0.521. The number of carbonyl (C=O) groups excluding carboxylic acids is 2. The number of amides is 1. The lowest BCUT2D eigenvalue weighted by Crippen LogP contribution is -2.65. The highest BCUT2D eigenvalue weighted by molar-refractivity contribution is 6.33. The van der Waals surface area contributed by atoms with Crippen LogP contribution < -0.4 is 10.1 Å². The van der Waals surface area contributed by atoms with Gasteiger partial charge in [0, 0.05) is 30.0 Å². The average molecular weight is 572 g/mol. The van der Waals surface area contributed by atoms with Gasteiger partial charge in [-0.1, -0.05) is 49.7 Å². The molecule has 0 aliphatic heterocycles. The van der Waals surface area contributed by atoms with Crippen LogP contribution in [0, 0.1) is 23.7 Å². The molecular weight excluding hydrogens is 534 g/mol. The van der Waals surface area contributed by atoms with E-state index in [-0.39, 0.29) is 34.8 Å². The van der Waals surface area contributed by atoms with Gasteiger partial charge in [0.25, 0.3) is 0 Å². The van der Waals surface area contributed by atoms with Crippen LogP contribution in [0.4, 0.5) is 5.69 Å². The Morgan fingerprint density at radius 2 is 1.85 bits per heavy atom. The molecule has 0 heterocycles. The van der Waals surface area contributed by atoms with Crippen LogP contribution in [-0.2, 0) is 31.5 Å². The molecular formula is C31H38ClNO7. The number of methoxy groups -OCH3 is 2. The number of anilines is 1. The lowest BCUT2D eigenvalue weighted by atomic mass is 9.55. The average Bonchev–Trinajstić information content (AvgIpc) is 2.94. The van der Waals surface area contributed by atoms with Crippen molar-refractivity contribution >= 4 is 35.7 Å². The maximum absolute atomic E-state index is 12.3. The summed E-state index contributed by atoms with van der Waals surface area (Å²) in [6.07, 6.45) is 6.86. The van der Waals surface area contributed by atoms with Gasteiger partial charge in [-0.2, -0.15) is 0 Å². The highest BCUT2D eigenvalue weighted by Crippen LogP contribution is 2.57. The third kappa shape index (κ3) is 5.63. The maximum atomic E-state index is 12.3. The predicted molar refractivity (Wildman–Crippen MR) is 153 cm³/mol. The molecule has 4 rings (SSSR count). The molecule has 0 aromatic heterocycles. The first kappa shape index (κ1) is 30.1. The van der Waals surface area contributed by atoms with Crippen molar-refractivity contribution in [2.24, 2.45) is 23.7 Å². The fraction of sp³-hybridized carbons (Fsp3) is 0.484. The number of hydrogen-bond donors (Lipinski definition) is 3. The van der Waals surface area contributed by atoms with Crippen molar-refractivity contribution in [3.63, 3.8) is 0 Å². The van der Waals surface area contributed by atoms with Crippen molar-refractivity contribution in [2.45, 2.75) is 57.5 Å². The second-order valence-electron chi connectivity index (χ2n) is 11.1.